The molecule has 0 spiro atoms. The Bertz CT molecular complexity index is 3830. The van der Waals surface area contributed by atoms with E-state index in [1.54, 1.807) is 26.0 Å². The van der Waals surface area contributed by atoms with Gasteiger partial charge in [-0.25, -0.2) is 57.5 Å². The van der Waals surface area contributed by atoms with E-state index < -0.39 is 167 Å². The maximum atomic E-state index is 16.8. The van der Waals surface area contributed by atoms with Crippen LogP contribution in [0.4, 0.5) is 44.9 Å². The lowest BCUT2D eigenvalue weighted by Gasteiger charge is -2.29. The van der Waals surface area contributed by atoms with Crippen LogP contribution in [-0.2, 0) is 91.2 Å². The summed E-state index contributed by atoms with van der Waals surface area (Å²) in [4.78, 5) is 151. The van der Waals surface area contributed by atoms with Crippen molar-refractivity contribution in [2.24, 2.45) is 17.6 Å². The predicted octanol–water partition coefficient (Wildman–Crippen LogP) is 2.69. The topological polar surface area (TPSA) is 445 Å². The molecule has 4 fully saturated rings. The number of anilines is 3. The van der Waals surface area contributed by atoms with Gasteiger partial charge in [0.2, 0.25) is 11.8 Å². The number of hydrogen-bond acceptors (Lipinski definition) is 25. The van der Waals surface area contributed by atoms with Crippen molar-refractivity contribution < 1.29 is 98.4 Å². The van der Waals surface area contributed by atoms with Crippen LogP contribution in [0.2, 0.25) is 0 Å². The van der Waals surface area contributed by atoms with Crippen LogP contribution >= 0.6 is 13.4 Å². The number of rotatable bonds is 21. The minimum absolute atomic E-state index is 0.00508. The van der Waals surface area contributed by atoms with Gasteiger partial charge in [-0.05, 0) is 60.1 Å². The molecule has 34 nitrogen and oxygen atoms in total. The number of urea groups is 1. The molecule has 5 aromatic rings. The number of primary amides is 1. The molecule has 5 aliphatic rings. The second-order valence-corrected chi connectivity index (χ2v) is 28.0. The first-order valence-corrected chi connectivity index (χ1v) is 34.2. The van der Waals surface area contributed by atoms with Crippen molar-refractivity contribution in [1.82, 2.24) is 59.5 Å². The standard InChI is InChI=1S/C53H63F3N16O18P2S2/c1-25(2)39(67-34(74)11-13-69-35(75)9-10-36(69)76)31(73)14-27(4-3-12-59-51(58)78)48(77)66-29-7-5-26(6-8-29)17-84-53(80)70-16-28(54)15-30(70)18-83-52(79)68-45-41-47(63-22-61-45)72(24-65-41)50-38(56)43-33(88-50)20-86-91(81,93)89-42-32(19-85-92(82,94)90-43)87-49(37(42)55)71-23-64-40-44(57)60-21-62-46(40)71/h5-10,21-25,27-28,30,32-33,37-39,42-43,49-50H,3-4,11-20H2,1-2H3,(H,66,77)(H,67,74)(H,81,93)(H,82,94)(H2,57,60,62)(H3,58,59,78)(H,61,63,68,79)/t27-,28+,30+,32-,33-,37-,38-,39+,42-,43-,49-,50?,91?,92?/m1/s1. The molecule has 3 unspecified atom stereocenters. The van der Waals surface area contributed by atoms with Crippen LogP contribution in [0.25, 0.3) is 22.3 Å². The maximum Gasteiger partial charge on any atom is 0.412 e. The Morgan fingerprint density at radius 2 is 1.40 bits per heavy atom. The highest BCUT2D eigenvalue weighted by Gasteiger charge is 2.54. The number of ether oxygens (including phenoxy) is 4. The van der Waals surface area contributed by atoms with E-state index in [4.69, 9.17) is 72.1 Å². The lowest BCUT2D eigenvalue weighted by Crippen LogP contribution is -2.46. The highest BCUT2D eigenvalue weighted by Crippen LogP contribution is 2.55. The summed E-state index contributed by atoms with van der Waals surface area (Å²) in [6, 6.07) is 3.31. The largest absolute Gasteiger partial charge is 0.447 e. The van der Waals surface area contributed by atoms with Crippen molar-refractivity contribution in [3.8, 4) is 0 Å². The molecule has 94 heavy (non-hydrogen) atoms. The van der Waals surface area contributed by atoms with Gasteiger partial charge in [-0.15, -0.1) is 0 Å². The van der Waals surface area contributed by atoms with E-state index in [1.165, 1.54) is 23.0 Å². The molecule has 0 aliphatic carbocycles. The number of carbonyl (C=O) groups is 8. The second-order valence-electron chi connectivity index (χ2n) is 22.4. The number of imidazole rings is 2. The highest BCUT2D eigenvalue weighted by atomic mass is 32.5. The van der Waals surface area contributed by atoms with E-state index in [1.807, 2.05) is 0 Å². The number of nitrogens with zero attached hydrogens (tertiary/aromatic N) is 10. The number of halogens is 3. The van der Waals surface area contributed by atoms with Crippen LogP contribution in [0.5, 0.6) is 0 Å². The number of likely N-dealkylation sites (tertiary alicyclic amines) is 1. The number of alkyl halides is 3. The van der Waals surface area contributed by atoms with Crippen molar-refractivity contribution >= 4 is 124 Å². The van der Waals surface area contributed by atoms with Gasteiger partial charge in [-0.3, -0.25) is 57.3 Å². The van der Waals surface area contributed by atoms with Crippen molar-refractivity contribution in [1.29, 1.82) is 0 Å². The third kappa shape index (κ3) is 16.3. The van der Waals surface area contributed by atoms with Crippen LogP contribution in [-0.4, -0.2) is 201 Å². The summed E-state index contributed by atoms with van der Waals surface area (Å²) in [5.41, 5.74) is 11.9. The summed E-state index contributed by atoms with van der Waals surface area (Å²) in [7, 11) is 0. The van der Waals surface area contributed by atoms with Gasteiger partial charge >= 0.3 is 31.7 Å². The van der Waals surface area contributed by atoms with E-state index in [2.05, 4.69) is 51.2 Å². The van der Waals surface area contributed by atoms with Gasteiger partial charge in [0, 0.05) is 56.1 Å². The SMILES string of the molecule is CC(C)[C@H](NC(=O)CCN1C(=O)C=CC1=O)C(=O)C[C@@H](CCCNC(N)=O)C(=O)Nc1ccc(COC(=O)N2C[C@@H](F)C[C@H]2COC(=O)Nc2ncnc3c2ncn3C2O[C@@H]3COP(O)(=S)O[C@H]4[C@@H](F)[C@H](n5cnc6c(N)ncnc65)O[C@@H]4COP(O)(=S)O[C@H]3[C@H]2F)cc1. The molecule has 4 saturated heterocycles. The van der Waals surface area contributed by atoms with Gasteiger partial charge in [0.1, 0.15) is 62.0 Å². The number of hydrogen-bond donors (Lipinski definition) is 8. The van der Waals surface area contributed by atoms with Crippen molar-refractivity contribution in [3.63, 3.8) is 0 Å². The van der Waals surface area contributed by atoms with Crippen LogP contribution in [0.15, 0.2) is 61.7 Å². The van der Waals surface area contributed by atoms with E-state index in [9.17, 15) is 52.5 Å². The minimum Gasteiger partial charge on any atom is -0.447 e. The molecule has 0 saturated carbocycles. The lowest BCUT2D eigenvalue weighted by atomic mass is 9.89. The fourth-order valence-electron chi connectivity index (χ4n) is 10.9. The summed E-state index contributed by atoms with van der Waals surface area (Å²) in [6.07, 6.45) is -11.3. The maximum absolute atomic E-state index is 16.8. The van der Waals surface area contributed by atoms with Crippen molar-refractivity contribution in [2.45, 2.75) is 120 Å². The molecule has 4 aromatic heterocycles. The summed E-state index contributed by atoms with van der Waals surface area (Å²) < 4.78 is 95.7. The third-order valence-corrected chi connectivity index (χ3v) is 18.7. The van der Waals surface area contributed by atoms with Crippen LogP contribution < -0.4 is 32.7 Å². The number of amides is 8. The van der Waals surface area contributed by atoms with Gasteiger partial charge in [0.05, 0.1) is 44.5 Å². The lowest BCUT2D eigenvalue weighted by molar-refractivity contribution is -0.137. The molecular formula is C53H63F3N16O18P2S2. The molecule has 10 rings (SSSR count). The molecule has 14 atom stereocenters. The van der Waals surface area contributed by atoms with Crippen LogP contribution in [0.3, 0.4) is 0 Å². The monoisotopic (exact) mass is 1390 g/mol. The first kappa shape index (κ1) is 69.0. The molecule has 8 amide bonds. The Labute approximate surface area is 540 Å². The minimum atomic E-state index is -4.46. The number of carbonyl (C=O) groups excluding carboxylic acids is 8. The summed E-state index contributed by atoms with van der Waals surface area (Å²) in [5.74, 6) is -4.32. The molecule has 10 N–H and O–H groups in total. The van der Waals surface area contributed by atoms with Gasteiger partial charge in [0.25, 0.3) is 11.8 Å². The molecule has 0 bridgehead atoms. The van der Waals surface area contributed by atoms with E-state index in [-0.39, 0.29) is 85.8 Å². The zero-order valence-corrected chi connectivity index (χ0v) is 53.1. The number of fused-ring (bicyclic) bond motifs is 4. The van der Waals surface area contributed by atoms with Crippen molar-refractivity contribution in [3.05, 3.63) is 67.3 Å². The Morgan fingerprint density at radius 1 is 0.809 bits per heavy atom. The van der Waals surface area contributed by atoms with Gasteiger partial charge in [-0.1, -0.05) is 26.0 Å². The molecule has 9 heterocycles. The van der Waals surface area contributed by atoms with Crippen molar-refractivity contribution in [2.75, 3.05) is 55.8 Å². The van der Waals surface area contributed by atoms with Crippen LogP contribution in [0.1, 0.15) is 64.0 Å². The summed E-state index contributed by atoms with van der Waals surface area (Å²) in [5, 5.41) is 10.3. The number of ketones is 1. The second kappa shape index (κ2) is 29.4. The number of nitrogens with one attached hydrogen (secondary N) is 4. The molecule has 41 heteroatoms. The Kier molecular flexibility index (Phi) is 21.6. The molecule has 1 aromatic carbocycles. The quantitative estimate of drug-likeness (QED) is 0.0297. The first-order valence-electron chi connectivity index (χ1n) is 29.0. The Balaban J connectivity index is 0.712. The Morgan fingerprint density at radius 3 is 2.01 bits per heavy atom. The zero-order valence-electron chi connectivity index (χ0n) is 49.7. The first-order chi connectivity index (χ1) is 44.7. The number of benzene rings is 1. The smallest absolute Gasteiger partial charge is 0.412 e. The molecule has 0 radical (unpaired) electrons. The number of nitrogen functional groups attached to an aromatic ring is 1. The number of aromatic nitrogens is 8. The molecular weight excluding hydrogens is 1330 g/mol. The van der Waals surface area contributed by atoms with Gasteiger partial charge in [0.15, 0.2) is 59.0 Å². The number of imide groups is 1. The average molecular weight is 1400 g/mol. The summed E-state index contributed by atoms with van der Waals surface area (Å²) >= 11 is 10.5. The van der Waals surface area contributed by atoms with E-state index in [0.717, 1.165) is 45.5 Å². The fraction of sp³-hybridized carbons (Fsp3) is 0.509. The predicted molar refractivity (Wildman–Crippen MR) is 325 cm³/mol. The Hall–Kier alpha value is -7.81. The van der Waals surface area contributed by atoms with E-state index >= 15 is 8.78 Å². The van der Waals surface area contributed by atoms with Gasteiger partial charge in [-0.2, -0.15) is 0 Å². The van der Waals surface area contributed by atoms with Crippen LogP contribution in [0, 0.1) is 11.8 Å². The average Bonchev–Trinajstić information content (AvgIpc) is 1.62. The fourth-order valence-corrected chi connectivity index (χ4v) is 13.8. The normalized spacial score (nSPS) is 27.7. The zero-order chi connectivity index (χ0) is 67.3. The summed E-state index contributed by atoms with van der Waals surface area (Å²) in [6.45, 7) is -8.28. The van der Waals surface area contributed by atoms with E-state index in [0.29, 0.717) is 11.3 Å². The van der Waals surface area contributed by atoms with Gasteiger partial charge < -0.3 is 65.2 Å². The number of Topliss-reactive ketones (excluding diaryl/α,β-unsaturated/α-hetero) is 1. The highest BCUT2D eigenvalue weighted by molar-refractivity contribution is 8.07. The number of nitrogens with two attached hydrogens (primary N) is 2. The third-order valence-electron chi connectivity index (χ3n) is 15.6. The molecule has 5 aliphatic heterocycles. The molecule has 506 valence electrons.